The number of ether oxygens (including phenoxy) is 1. The van der Waals surface area contributed by atoms with Gasteiger partial charge in [-0.05, 0) is 19.4 Å². The highest BCUT2D eigenvalue weighted by atomic mass is 16.6. The Morgan fingerprint density at radius 1 is 1.31 bits per heavy atom. The molecule has 1 aliphatic heterocycles. The van der Waals surface area contributed by atoms with E-state index in [9.17, 15) is 4.79 Å². The summed E-state index contributed by atoms with van der Waals surface area (Å²) in [6.45, 7) is 3.69. The summed E-state index contributed by atoms with van der Waals surface area (Å²) in [6, 6.07) is 11.6. The molecule has 1 aliphatic rings. The summed E-state index contributed by atoms with van der Waals surface area (Å²) in [4.78, 5) is 11.6. The molecule has 1 aromatic rings. The predicted octanol–water partition coefficient (Wildman–Crippen LogP) is 2.25. The molecule has 3 heteroatoms. The monoisotopic (exact) mass is 215 g/mol. The summed E-state index contributed by atoms with van der Waals surface area (Å²) >= 11 is 0. The second-order valence-electron chi connectivity index (χ2n) is 4.52. The van der Waals surface area contributed by atoms with Crippen LogP contribution in [-0.2, 0) is 9.53 Å². The molecule has 1 aromatic carbocycles. The van der Waals surface area contributed by atoms with Gasteiger partial charge in [0.05, 0.1) is 6.07 Å². The van der Waals surface area contributed by atoms with Crippen LogP contribution in [0.5, 0.6) is 0 Å². The van der Waals surface area contributed by atoms with E-state index in [0.717, 1.165) is 5.56 Å². The molecule has 0 unspecified atom stereocenters. The van der Waals surface area contributed by atoms with Gasteiger partial charge < -0.3 is 4.74 Å². The van der Waals surface area contributed by atoms with Crippen molar-refractivity contribution in [3.05, 3.63) is 35.9 Å². The third-order valence-corrected chi connectivity index (χ3v) is 3.00. The molecule has 0 spiro atoms. The number of carbonyl (C=O) groups is 1. The molecule has 16 heavy (non-hydrogen) atoms. The third kappa shape index (κ3) is 1.57. The highest BCUT2D eigenvalue weighted by molar-refractivity contribution is 5.80. The van der Waals surface area contributed by atoms with E-state index < -0.39 is 17.5 Å². The maximum Gasteiger partial charge on any atom is 0.324 e. The Morgan fingerprint density at radius 2 is 1.94 bits per heavy atom. The third-order valence-electron chi connectivity index (χ3n) is 3.00. The minimum absolute atomic E-state index is 0.189. The van der Waals surface area contributed by atoms with Crippen molar-refractivity contribution < 1.29 is 9.53 Å². The highest BCUT2D eigenvalue weighted by Crippen LogP contribution is 2.43. The Kier molecular flexibility index (Phi) is 2.43. The highest BCUT2D eigenvalue weighted by Gasteiger charge is 2.50. The molecular formula is C13H13NO2. The SMILES string of the molecule is CC1(C)OC(=O)[C@H](C#N)[C@H]1c1ccccc1. The van der Waals surface area contributed by atoms with E-state index in [-0.39, 0.29) is 5.92 Å². The second-order valence-corrected chi connectivity index (χ2v) is 4.52. The quantitative estimate of drug-likeness (QED) is 0.675. The zero-order valence-electron chi connectivity index (χ0n) is 9.31. The lowest BCUT2D eigenvalue weighted by Gasteiger charge is -2.25. The van der Waals surface area contributed by atoms with Crippen molar-refractivity contribution in [2.24, 2.45) is 5.92 Å². The van der Waals surface area contributed by atoms with Gasteiger partial charge in [-0.2, -0.15) is 5.26 Å². The molecule has 0 saturated carbocycles. The first kappa shape index (κ1) is 10.7. The minimum Gasteiger partial charge on any atom is -0.458 e. The Balaban J connectivity index is 2.46. The maximum absolute atomic E-state index is 11.6. The topological polar surface area (TPSA) is 50.1 Å². The van der Waals surface area contributed by atoms with Gasteiger partial charge in [-0.3, -0.25) is 4.79 Å². The number of nitriles is 1. The Hall–Kier alpha value is -1.82. The predicted molar refractivity (Wildman–Crippen MR) is 58.5 cm³/mol. The molecule has 3 nitrogen and oxygen atoms in total. The Bertz CT molecular complexity index is 445. The van der Waals surface area contributed by atoms with Crippen LogP contribution in [0.2, 0.25) is 0 Å². The van der Waals surface area contributed by atoms with E-state index in [0.29, 0.717) is 0 Å². The maximum atomic E-state index is 11.6. The van der Waals surface area contributed by atoms with Crippen molar-refractivity contribution in [1.29, 1.82) is 5.26 Å². The standard InChI is InChI=1S/C13H13NO2/c1-13(2)11(9-6-4-3-5-7-9)10(8-14)12(15)16-13/h3-7,10-11H,1-2H3/t10-,11-/m1/s1. The zero-order valence-corrected chi connectivity index (χ0v) is 9.31. The summed E-state index contributed by atoms with van der Waals surface area (Å²) in [5.41, 5.74) is 0.364. The van der Waals surface area contributed by atoms with E-state index in [1.54, 1.807) is 0 Å². The van der Waals surface area contributed by atoms with Crippen molar-refractivity contribution in [2.45, 2.75) is 25.4 Å². The van der Waals surface area contributed by atoms with E-state index in [1.807, 2.05) is 50.2 Å². The summed E-state index contributed by atoms with van der Waals surface area (Å²) in [5, 5.41) is 9.05. The number of esters is 1. The number of rotatable bonds is 1. The summed E-state index contributed by atoms with van der Waals surface area (Å²) < 4.78 is 5.26. The van der Waals surface area contributed by atoms with Gasteiger partial charge in [0.25, 0.3) is 0 Å². The number of hydrogen-bond acceptors (Lipinski definition) is 3. The smallest absolute Gasteiger partial charge is 0.324 e. The molecule has 0 aliphatic carbocycles. The van der Waals surface area contributed by atoms with Gasteiger partial charge >= 0.3 is 5.97 Å². The van der Waals surface area contributed by atoms with Gasteiger partial charge in [-0.15, -0.1) is 0 Å². The van der Waals surface area contributed by atoms with Crippen LogP contribution < -0.4 is 0 Å². The lowest BCUT2D eigenvalue weighted by Crippen LogP contribution is -2.27. The van der Waals surface area contributed by atoms with Gasteiger partial charge in [0.2, 0.25) is 0 Å². The van der Waals surface area contributed by atoms with Crippen molar-refractivity contribution in [1.82, 2.24) is 0 Å². The normalized spacial score (nSPS) is 27.2. The zero-order chi connectivity index (χ0) is 11.8. The van der Waals surface area contributed by atoms with Crippen LogP contribution in [0.1, 0.15) is 25.3 Å². The molecule has 1 heterocycles. The van der Waals surface area contributed by atoms with Crippen LogP contribution >= 0.6 is 0 Å². The average molecular weight is 215 g/mol. The summed E-state index contributed by atoms with van der Waals surface area (Å²) in [5.74, 6) is -1.30. The number of nitrogens with zero attached hydrogens (tertiary/aromatic N) is 1. The molecule has 0 aromatic heterocycles. The largest absolute Gasteiger partial charge is 0.458 e. The van der Waals surface area contributed by atoms with E-state index >= 15 is 0 Å². The number of cyclic esters (lactones) is 1. The van der Waals surface area contributed by atoms with Crippen molar-refractivity contribution in [3.8, 4) is 6.07 Å². The summed E-state index contributed by atoms with van der Waals surface area (Å²) in [6.07, 6.45) is 0. The van der Waals surface area contributed by atoms with Crippen LogP contribution in [0.25, 0.3) is 0 Å². The lowest BCUT2D eigenvalue weighted by molar-refractivity contribution is -0.147. The van der Waals surface area contributed by atoms with Crippen LogP contribution in [0.3, 0.4) is 0 Å². The first-order valence-electron chi connectivity index (χ1n) is 5.23. The molecular weight excluding hydrogens is 202 g/mol. The fourth-order valence-corrected chi connectivity index (χ4v) is 2.31. The Labute approximate surface area is 94.6 Å². The van der Waals surface area contributed by atoms with E-state index in [1.165, 1.54) is 0 Å². The van der Waals surface area contributed by atoms with Gasteiger partial charge in [0.15, 0.2) is 5.92 Å². The molecule has 0 amide bonds. The van der Waals surface area contributed by atoms with Crippen molar-refractivity contribution in [3.63, 3.8) is 0 Å². The van der Waals surface area contributed by atoms with E-state index in [4.69, 9.17) is 10.00 Å². The summed E-state index contributed by atoms with van der Waals surface area (Å²) in [7, 11) is 0. The molecule has 82 valence electrons. The van der Waals surface area contributed by atoms with Crippen molar-refractivity contribution in [2.75, 3.05) is 0 Å². The lowest BCUT2D eigenvalue weighted by atomic mass is 9.79. The molecule has 2 atom stereocenters. The van der Waals surface area contributed by atoms with Crippen LogP contribution in [0.4, 0.5) is 0 Å². The number of carbonyl (C=O) groups excluding carboxylic acids is 1. The van der Waals surface area contributed by atoms with Gasteiger partial charge in [0.1, 0.15) is 5.60 Å². The van der Waals surface area contributed by atoms with Crippen molar-refractivity contribution >= 4 is 5.97 Å². The molecule has 0 radical (unpaired) electrons. The first-order chi connectivity index (χ1) is 7.56. The van der Waals surface area contributed by atoms with Crippen LogP contribution in [0, 0.1) is 17.2 Å². The molecule has 0 bridgehead atoms. The van der Waals surface area contributed by atoms with Gasteiger partial charge in [-0.1, -0.05) is 30.3 Å². The molecule has 1 fully saturated rings. The molecule has 2 rings (SSSR count). The number of hydrogen-bond donors (Lipinski definition) is 0. The fraction of sp³-hybridized carbons (Fsp3) is 0.385. The molecule has 1 saturated heterocycles. The second kappa shape index (κ2) is 3.64. The fourth-order valence-electron chi connectivity index (χ4n) is 2.31. The van der Waals surface area contributed by atoms with Gasteiger partial charge in [-0.25, -0.2) is 0 Å². The molecule has 0 N–H and O–H groups in total. The Morgan fingerprint density at radius 3 is 2.50 bits per heavy atom. The van der Waals surface area contributed by atoms with Crippen LogP contribution in [0.15, 0.2) is 30.3 Å². The average Bonchev–Trinajstić information content (AvgIpc) is 2.48. The minimum atomic E-state index is -0.697. The van der Waals surface area contributed by atoms with E-state index in [2.05, 4.69) is 0 Å². The van der Waals surface area contributed by atoms with Gasteiger partial charge in [0, 0.05) is 5.92 Å². The first-order valence-corrected chi connectivity index (χ1v) is 5.23. The number of benzene rings is 1. The van der Waals surface area contributed by atoms with Crippen LogP contribution in [-0.4, -0.2) is 11.6 Å².